The second-order valence-electron chi connectivity index (χ2n) is 5.71. The van der Waals surface area contributed by atoms with Gasteiger partial charge in [-0.3, -0.25) is 0 Å². The Morgan fingerprint density at radius 3 is 2.58 bits per heavy atom. The molecule has 24 heavy (non-hydrogen) atoms. The Kier molecular flexibility index (Phi) is 5.63. The monoisotopic (exact) mass is 344 g/mol. The lowest BCUT2D eigenvalue weighted by atomic mass is 10.3. The van der Waals surface area contributed by atoms with Crippen LogP contribution < -0.4 is 10.2 Å². The molecular formula is C17H24N6S. The first-order valence-electron chi connectivity index (χ1n) is 8.37. The molecule has 7 heteroatoms. The number of thiophene rings is 1. The summed E-state index contributed by atoms with van der Waals surface area (Å²) in [6.07, 6.45) is 3.59. The number of nitrogens with one attached hydrogen (secondary N) is 1. The number of aromatic nitrogens is 2. The summed E-state index contributed by atoms with van der Waals surface area (Å²) in [6, 6.07) is 6.17. The molecule has 0 radical (unpaired) electrons. The minimum Gasteiger partial charge on any atom is -0.357 e. The zero-order valence-electron chi connectivity index (χ0n) is 14.3. The van der Waals surface area contributed by atoms with Gasteiger partial charge in [0.2, 0.25) is 5.95 Å². The lowest BCUT2D eigenvalue weighted by Crippen LogP contribution is -2.52. The van der Waals surface area contributed by atoms with Gasteiger partial charge in [-0.1, -0.05) is 0 Å². The van der Waals surface area contributed by atoms with Gasteiger partial charge in [0.1, 0.15) is 0 Å². The Morgan fingerprint density at radius 1 is 1.21 bits per heavy atom. The van der Waals surface area contributed by atoms with Crippen LogP contribution in [0.1, 0.15) is 16.7 Å². The zero-order valence-corrected chi connectivity index (χ0v) is 15.1. The molecule has 0 unspecified atom stereocenters. The summed E-state index contributed by atoms with van der Waals surface area (Å²) in [6.45, 7) is 9.53. The summed E-state index contributed by atoms with van der Waals surface area (Å²) in [5, 5.41) is 3.41. The van der Waals surface area contributed by atoms with Crippen LogP contribution in [0.4, 0.5) is 5.95 Å². The van der Waals surface area contributed by atoms with Crippen molar-refractivity contribution >= 4 is 23.2 Å². The summed E-state index contributed by atoms with van der Waals surface area (Å²) in [4.78, 5) is 20.7. The highest BCUT2D eigenvalue weighted by Crippen LogP contribution is 2.16. The third-order valence-electron chi connectivity index (χ3n) is 3.93. The van der Waals surface area contributed by atoms with Crippen LogP contribution in [0.2, 0.25) is 0 Å². The predicted molar refractivity (Wildman–Crippen MR) is 99.7 cm³/mol. The number of piperazine rings is 1. The fourth-order valence-electron chi connectivity index (χ4n) is 2.72. The topological polar surface area (TPSA) is 56.7 Å². The molecule has 1 aliphatic heterocycles. The van der Waals surface area contributed by atoms with Crippen molar-refractivity contribution in [3.8, 4) is 0 Å². The number of aliphatic imine (C=N–C) groups is 1. The minimum atomic E-state index is 0.739. The van der Waals surface area contributed by atoms with Gasteiger partial charge in [0.15, 0.2) is 5.96 Å². The van der Waals surface area contributed by atoms with Crippen LogP contribution in [0.3, 0.4) is 0 Å². The van der Waals surface area contributed by atoms with Crippen molar-refractivity contribution in [1.82, 2.24) is 20.2 Å². The Hall–Kier alpha value is -2.15. The first kappa shape index (κ1) is 16.7. The van der Waals surface area contributed by atoms with E-state index in [1.165, 1.54) is 9.75 Å². The molecule has 2 aromatic heterocycles. The van der Waals surface area contributed by atoms with Crippen molar-refractivity contribution in [2.45, 2.75) is 20.4 Å². The van der Waals surface area contributed by atoms with Crippen LogP contribution in [0.15, 0.2) is 35.6 Å². The molecule has 2 aromatic rings. The molecule has 3 heterocycles. The first-order valence-corrected chi connectivity index (χ1v) is 9.18. The van der Waals surface area contributed by atoms with E-state index in [2.05, 4.69) is 51.1 Å². The largest absolute Gasteiger partial charge is 0.357 e. The van der Waals surface area contributed by atoms with Crippen molar-refractivity contribution < 1.29 is 0 Å². The highest BCUT2D eigenvalue weighted by Gasteiger charge is 2.21. The van der Waals surface area contributed by atoms with E-state index in [-0.39, 0.29) is 0 Å². The van der Waals surface area contributed by atoms with Crippen LogP contribution in [0, 0.1) is 6.92 Å². The number of hydrogen-bond acceptors (Lipinski definition) is 5. The van der Waals surface area contributed by atoms with Gasteiger partial charge in [0.25, 0.3) is 0 Å². The number of rotatable bonds is 4. The SMILES string of the molecule is CCNC(=NCc1ccc(C)s1)N1CCN(c2ncccn2)CC1. The molecule has 1 aliphatic rings. The summed E-state index contributed by atoms with van der Waals surface area (Å²) in [5.41, 5.74) is 0. The molecule has 0 amide bonds. The van der Waals surface area contributed by atoms with Crippen molar-refractivity contribution in [2.75, 3.05) is 37.6 Å². The van der Waals surface area contributed by atoms with Crippen LogP contribution in [-0.4, -0.2) is 53.6 Å². The molecule has 3 rings (SSSR count). The van der Waals surface area contributed by atoms with E-state index in [1.807, 2.05) is 17.4 Å². The minimum absolute atomic E-state index is 0.739. The van der Waals surface area contributed by atoms with E-state index < -0.39 is 0 Å². The van der Waals surface area contributed by atoms with E-state index in [4.69, 9.17) is 4.99 Å². The van der Waals surface area contributed by atoms with Crippen molar-refractivity contribution in [2.24, 2.45) is 4.99 Å². The number of guanidine groups is 1. The lowest BCUT2D eigenvalue weighted by Gasteiger charge is -2.36. The van der Waals surface area contributed by atoms with Crippen LogP contribution in [0.5, 0.6) is 0 Å². The molecule has 0 spiro atoms. The Bertz CT molecular complexity index is 661. The molecule has 6 nitrogen and oxygen atoms in total. The smallest absolute Gasteiger partial charge is 0.225 e. The number of aryl methyl sites for hydroxylation is 1. The fourth-order valence-corrected chi connectivity index (χ4v) is 3.54. The van der Waals surface area contributed by atoms with Crippen molar-refractivity contribution in [3.05, 3.63) is 40.3 Å². The molecule has 0 aliphatic carbocycles. The molecule has 1 fully saturated rings. The fraction of sp³-hybridized carbons (Fsp3) is 0.471. The summed E-state index contributed by atoms with van der Waals surface area (Å²) >= 11 is 1.81. The van der Waals surface area contributed by atoms with Crippen molar-refractivity contribution in [3.63, 3.8) is 0 Å². The van der Waals surface area contributed by atoms with E-state index in [1.54, 1.807) is 12.4 Å². The summed E-state index contributed by atoms with van der Waals surface area (Å²) in [5.74, 6) is 1.81. The molecule has 0 bridgehead atoms. The average molecular weight is 344 g/mol. The van der Waals surface area contributed by atoms with Gasteiger partial charge in [0, 0.05) is 54.9 Å². The van der Waals surface area contributed by atoms with Gasteiger partial charge in [-0.05, 0) is 32.0 Å². The van der Waals surface area contributed by atoms with Gasteiger partial charge in [-0.2, -0.15) is 0 Å². The summed E-state index contributed by atoms with van der Waals surface area (Å²) in [7, 11) is 0. The summed E-state index contributed by atoms with van der Waals surface area (Å²) < 4.78 is 0. The van der Waals surface area contributed by atoms with Gasteiger partial charge >= 0.3 is 0 Å². The highest BCUT2D eigenvalue weighted by molar-refractivity contribution is 7.11. The Morgan fingerprint density at radius 2 is 1.96 bits per heavy atom. The van der Waals surface area contributed by atoms with E-state index in [9.17, 15) is 0 Å². The standard InChI is InChI=1S/C17H24N6S/c1-3-18-16(21-13-15-6-5-14(2)24-15)22-9-11-23(12-10-22)17-19-7-4-8-20-17/h4-8H,3,9-13H2,1-2H3,(H,18,21). The van der Waals surface area contributed by atoms with E-state index in [0.29, 0.717) is 0 Å². The molecule has 0 aromatic carbocycles. The van der Waals surface area contributed by atoms with Gasteiger partial charge in [-0.25, -0.2) is 15.0 Å². The Labute approximate surface area is 147 Å². The average Bonchev–Trinajstić information content (AvgIpc) is 3.05. The van der Waals surface area contributed by atoms with Crippen LogP contribution in [0.25, 0.3) is 0 Å². The van der Waals surface area contributed by atoms with Crippen LogP contribution in [-0.2, 0) is 6.54 Å². The number of anilines is 1. The maximum atomic E-state index is 4.81. The first-order chi connectivity index (χ1) is 11.8. The van der Waals surface area contributed by atoms with E-state index >= 15 is 0 Å². The molecule has 0 saturated carbocycles. The van der Waals surface area contributed by atoms with Gasteiger partial charge in [0.05, 0.1) is 6.54 Å². The molecule has 1 N–H and O–H groups in total. The molecule has 0 atom stereocenters. The Balaban J connectivity index is 1.61. The lowest BCUT2D eigenvalue weighted by molar-refractivity contribution is 0.370. The normalized spacial score (nSPS) is 15.7. The predicted octanol–water partition coefficient (Wildman–Crippen LogP) is 2.13. The molecule has 1 saturated heterocycles. The second-order valence-corrected chi connectivity index (χ2v) is 7.08. The maximum Gasteiger partial charge on any atom is 0.225 e. The quantitative estimate of drug-likeness (QED) is 0.680. The van der Waals surface area contributed by atoms with Gasteiger partial charge < -0.3 is 15.1 Å². The van der Waals surface area contributed by atoms with Crippen LogP contribution >= 0.6 is 11.3 Å². The van der Waals surface area contributed by atoms with Crippen molar-refractivity contribution in [1.29, 1.82) is 0 Å². The number of hydrogen-bond donors (Lipinski definition) is 1. The third-order valence-corrected chi connectivity index (χ3v) is 4.92. The second kappa shape index (κ2) is 8.10. The maximum absolute atomic E-state index is 4.81. The third kappa shape index (κ3) is 4.23. The number of nitrogens with zero attached hydrogens (tertiary/aromatic N) is 5. The highest BCUT2D eigenvalue weighted by atomic mass is 32.1. The zero-order chi connectivity index (χ0) is 16.8. The molecule has 128 valence electrons. The molecular weight excluding hydrogens is 320 g/mol. The van der Waals surface area contributed by atoms with E-state index in [0.717, 1.165) is 51.2 Å². The van der Waals surface area contributed by atoms with Gasteiger partial charge in [-0.15, -0.1) is 11.3 Å².